The highest BCUT2D eigenvalue weighted by Gasteiger charge is 2.22. The minimum atomic E-state index is 0.589. The van der Waals surface area contributed by atoms with E-state index in [1.165, 1.54) is 30.4 Å². The topological polar surface area (TPSA) is 12.0 Å². The van der Waals surface area contributed by atoms with Crippen LogP contribution in [0.4, 0.5) is 0 Å². The number of rotatable bonds is 4. The zero-order chi connectivity index (χ0) is 12.3. The third-order valence-electron chi connectivity index (χ3n) is 4.00. The van der Waals surface area contributed by atoms with Crippen molar-refractivity contribution in [1.29, 1.82) is 0 Å². The standard InChI is InChI=1S/C16H25N/c1-12-8-9-16(10-12)17-14(3)11-15-7-5-4-6-13(15)2/h4-7,12,14,16-17H,8-11H2,1-3H3. The Morgan fingerprint density at radius 1 is 1.29 bits per heavy atom. The van der Waals surface area contributed by atoms with Crippen LogP contribution in [-0.2, 0) is 6.42 Å². The van der Waals surface area contributed by atoms with Crippen LogP contribution in [-0.4, -0.2) is 12.1 Å². The van der Waals surface area contributed by atoms with Crippen LogP contribution in [0.5, 0.6) is 0 Å². The number of nitrogens with one attached hydrogen (secondary N) is 1. The maximum absolute atomic E-state index is 3.78. The van der Waals surface area contributed by atoms with E-state index < -0.39 is 0 Å². The molecule has 0 saturated heterocycles. The van der Waals surface area contributed by atoms with E-state index in [0.717, 1.165) is 18.4 Å². The van der Waals surface area contributed by atoms with Crippen LogP contribution in [0.25, 0.3) is 0 Å². The van der Waals surface area contributed by atoms with Crippen molar-refractivity contribution >= 4 is 0 Å². The largest absolute Gasteiger partial charge is 0.311 e. The lowest BCUT2D eigenvalue weighted by atomic mass is 10.0. The fourth-order valence-corrected chi connectivity index (χ4v) is 2.99. The van der Waals surface area contributed by atoms with Crippen molar-refractivity contribution in [2.45, 2.75) is 58.5 Å². The van der Waals surface area contributed by atoms with Crippen LogP contribution < -0.4 is 5.32 Å². The Balaban J connectivity index is 1.85. The van der Waals surface area contributed by atoms with Crippen molar-refractivity contribution in [1.82, 2.24) is 5.32 Å². The predicted octanol–water partition coefficient (Wildman–Crippen LogP) is 3.70. The van der Waals surface area contributed by atoms with Gasteiger partial charge in [-0.3, -0.25) is 0 Å². The van der Waals surface area contributed by atoms with E-state index in [0.29, 0.717) is 6.04 Å². The van der Waals surface area contributed by atoms with E-state index in [2.05, 4.69) is 50.4 Å². The molecular formula is C16H25N. The molecule has 3 unspecified atom stereocenters. The van der Waals surface area contributed by atoms with E-state index in [4.69, 9.17) is 0 Å². The van der Waals surface area contributed by atoms with Gasteiger partial charge in [0.1, 0.15) is 0 Å². The second kappa shape index (κ2) is 5.68. The van der Waals surface area contributed by atoms with Gasteiger partial charge in [-0.05, 0) is 56.6 Å². The van der Waals surface area contributed by atoms with Crippen molar-refractivity contribution in [2.75, 3.05) is 0 Å². The van der Waals surface area contributed by atoms with Crippen molar-refractivity contribution < 1.29 is 0 Å². The lowest BCUT2D eigenvalue weighted by Crippen LogP contribution is -2.36. The summed E-state index contributed by atoms with van der Waals surface area (Å²) >= 11 is 0. The van der Waals surface area contributed by atoms with E-state index in [-0.39, 0.29) is 0 Å². The molecular weight excluding hydrogens is 206 g/mol. The number of benzene rings is 1. The van der Waals surface area contributed by atoms with Crippen LogP contribution >= 0.6 is 0 Å². The molecule has 2 rings (SSSR count). The van der Waals surface area contributed by atoms with Gasteiger partial charge in [0.05, 0.1) is 0 Å². The lowest BCUT2D eigenvalue weighted by molar-refractivity contribution is 0.437. The lowest BCUT2D eigenvalue weighted by Gasteiger charge is -2.20. The highest BCUT2D eigenvalue weighted by molar-refractivity contribution is 5.26. The summed E-state index contributed by atoms with van der Waals surface area (Å²) in [7, 11) is 0. The Morgan fingerprint density at radius 3 is 2.71 bits per heavy atom. The van der Waals surface area contributed by atoms with Gasteiger partial charge in [0, 0.05) is 12.1 Å². The van der Waals surface area contributed by atoms with Crippen LogP contribution in [0.2, 0.25) is 0 Å². The maximum Gasteiger partial charge on any atom is 0.00818 e. The Morgan fingerprint density at radius 2 is 2.06 bits per heavy atom. The second-order valence-corrected chi connectivity index (χ2v) is 5.81. The van der Waals surface area contributed by atoms with Crippen LogP contribution in [0, 0.1) is 12.8 Å². The number of aryl methyl sites for hydroxylation is 1. The first-order chi connectivity index (χ1) is 8.15. The predicted molar refractivity (Wildman–Crippen MR) is 74.3 cm³/mol. The smallest absolute Gasteiger partial charge is 0.00818 e. The summed E-state index contributed by atoms with van der Waals surface area (Å²) in [5.41, 5.74) is 2.90. The molecule has 1 aromatic rings. The third-order valence-corrected chi connectivity index (χ3v) is 4.00. The molecule has 1 aromatic carbocycles. The first-order valence-corrected chi connectivity index (χ1v) is 6.95. The highest BCUT2D eigenvalue weighted by atomic mass is 14.9. The van der Waals surface area contributed by atoms with Gasteiger partial charge in [0.25, 0.3) is 0 Å². The van der Waals surface area contributed by atoms with Gasteiger partial charge < -0.3 is 5.32 Å². The first kappa shape index (κ1) is 12.6. The van der Waals surface area contributed by atoms with Crippen LogP contribution in [0.1, 0.15) is 44.2 Å². The van der Waals surface area contributed by atoms with Crippen molar-refractivity contribution in [3.63, 3.8) is 0 Å². The minimum Gasteiger partial charge on any atom is -0.311 e. The third kappa shape index (κ3) is 3.57. The van der Waals surface area contributed by atoms with Gasteiger partial charge in [-0.1, -0.05) is 31.2 Å². The molecule has 1 fully saturated rings. The molecule has 1 nitrogen and oxygen atoms in total. The zero-order valence-electron chi connectivity index (χ0n) is 11.4. The fraction of sp³-hybridized carbons (Fsp3) is 0.625. The summed E-state index contributed by atoms with van der Waals surface area (Å²) in [6.07, 6.45) is 5.27. The van der Waals surface area contributed by atoms with Gasteiger partial charge in [-0.2, -0.15) is 0 Å². The molecule has 3 atom stereocenters. The van der Waals surface area contributed by atoms with Crippen molar-refractivity contribution in [3.05, 3.63) is 35.4 Å². The van der Waals surface area contributed by atoms with Gasteiger partial charge >= 0.3 is 0 Å². The first-order valence-electron chi connectivity index (χ1n) is 6.95. The second-order valence-electron chi connectivity index (χ2n) is 5.81. The Kier molecular flexibility index (Phi) is 4.22. The zero-order valence-corrected chi connectivity index (χ0v) is 11.4. The summed E-state index contributed by atoms with van der Waals surface area (Å²) < 4.78 is 0. The summed E-state index contributed by atoms with van der Waals surface area (Å²) in [6.45, 7) is 6.89. The molecule has 0 amide bonds. The molecule has 1 saturated carbocycles. The quantitative estimate of drug-likeness (QED) is 0.833. The molecule has 0 aliphatic heterocycles. The Hall–Kier alpha value is -0.820. The van der Waals surface area contributed by atoms with Crippen molar-refractivity contribution in [3.8, 4) is 0 Å². The maximum atomic E-state index is 3.78. The van der Waals surface area contributed by atoms with E-state index in [1.807, 2.05) is 0 Å². The molecule has 1 aliphatic carbocycles. The van der Waals surface area contributed by atoms with E-state index >= 15 is 0 Å². The van der Waals surface area contributed by atoms with E-state index in [1.54, 1.807) is 0 Å². The number of hydrogen-bond donors (Lipinski definition) is 1. The fourth-order valence-electron chi connectivity index (χ4n) is 2.99. The number of hydrogen-bond acceptors (Lipinski definition) is 1. The van der Waals surface area contributed by atoms with Gasteiger partial charge in [0.2, 0.25) is 0 Å². The summed E-state index contributed by atoms with van der Waals surface area (Å²) in [5.74, 6) is 0.915. The molecule has 1 heteroatoms. The normalized spacial score (nSPS) is 26.1. The summed E-state index contributed by atoms with van der Waals surface area (Å²) in [5, 5.41) is 3.78. The van der Waals surface area contributed by atoms with Gasteiger partial charge in [-0.25, -0.2) is 0 Å². The SMILES string of the molecule is Cc1ccccc1CC(C)NC1CCC(C)C1. The average Bonchev–Trinajstić information content (AvgIpc) is 2.67. The molecule has 94 valence electrons. The van der Waals surface area contributed by atoms with Gasteiger partial charge in [-0.15, -0.1) is 0 Å². The monoisotopic (exact) mass is 231 g/mol. The molecule has 0 radical (unpaired) electrons. The molecule has 0 aromatic heterocycles. The molecule has 1 N–H and O–H groups in total. The van der Waals surface area contributed by atoms with Crippen LogP contribution in [0.15, 0.2) is 24.3 Å². The Labute approximate surface area is 106 Å². The molecule has 0 heterocycles. The summed E-state index contributed by atoms with van der Waals surface area (Å²) in [4.78, 5) is 0. The van der Waals surface area contributed by atoms with Crippen LogP contribution in [0.3, 0.4) is 0 Å². The average molecular weight is 231 g/mol. The molecule has 0 spiro atoms. The van der Waals surface area contributed by atoms with Gasteiger partial charge in [0.15, 0.2) is 0 Å². The molecule has 1 aliphatic rings. The molecule has 17 heavy (non-hydrogen) atoms. The minimum absolute atomic E-state index is 0.589. The molecule has 0 bridgehead atoms. The van der Waals surface area contributed by atoms with Crippen molar-refractivity contribution in [2.24, 2.45) is 5.92 Å². The van der Waals surface area contributed by atoms with E-state index in [9.17, 15) is 0 Å². The highest BCUT2D eigenvalue weighted by Crippen LogP contribution is 2.25. The Bertz CT molecular complexity index is 358. The summed E-state index contributed by atoms with van der Waals surface area (Å²) in [6, 6.07) is 10.1.